The van der Waals surface area contributed by atoms with E-state index in [0.717, 1.165) is 17.1 Å². The van der Waals surface area contributed by atoms with E-state index in [0.29, 0.717) is 6.54 Å². The molecule has 18 heavy (non-hydrogen) atoms. The number of rotatable bonds is 4. The zero-order valence-electron chi connectivity index (χ0n) is 10.9. The van der Waals surface area contributed by atoms with Crippen molar-refractivity contribution in [2.45, 2.75) is 12.3 Å². The predicted octanol–water partition coefficient (Wildman–Crippen LogP) is 1.03. The van der Waals surface area contributed by atoms with Crippen LogP contribution < -0.4 is 9.47 Å². The van der Waals surface area contributed by atoms with Crippen molar-refractivity contribution in [2.24, 2.45) is 0 Å². The van der Waals surface area contributed by atoms with Crippen LogP contribution in [0.15, 0.2) is 18.2 Å². The molecule has 0 aromatic heterocycles. The summed E-state index contributed by atoms with van der Waals surface area (Å²) in [5, 5.41) is 9.17. The molecular formula is C13H19NO4. The van der Waals surface area contributed by atoms with E-state index in [-0.39, 0.29) is 18.9 Å². The highest BCUT2D eigenvalue weighted by molar-refractivity contribution is 5.41. The second kappa shape index (κ2) is 5.56. The maximum atomic E-state index is 9.17. The van der Waals surface area contributed by atoms with Crippen LogP contribution in [0.3, 0.4) is 0 Å². The largest absolute Gasteiger partial charge is 0.497 e. The van der Waals surface area contributed by atoms with Crippen LogP contribution in [0, 0.1) is 0 Å². The quantitative estimate of drug-likeness (QED) is 0.868. The van der Waals surface area contributed by atoms with Crippen LogP contribution in [0.25, 0.3) is 0 Å². The van der Waals surface area contributed by atoms with Crippen LogP contribution in [-0.2, 0) is 4.74 Å². The number of ether oxygens (including phenoxy) is 3. The normalized spacial score (nSPS) is 24.2. The summed E-state index contributed by atoms with van der Waals surface area (Å²) in [5.41, 5.74) is 0.912. The molecule has 1 saturated heterocycles. The van der Waals surface area contributed by atoms with E-state index < -0.39 is 0 Å². The molecule has 2 atom stereocenters. The van der Waals surface area contributed by atoms with Crippen LogP contribution in [0.5, 0.6) is 11.5 Å². The summed E-state index contributed by atoms with van der Waals surface area (Å²) < 4.78 is 16.4. The highest BCUT2D eigenvalue weighted by Gasteiger charge is 2.32. The minimum atomic E-state index is -0.216. The van der Waals surface area contributed by atoms with Crippen molar-refractivity contribution in [3.63, 3.8) is 0 Å². The van der Waals surface area contributed by atoms with Crippen molar-refractivity contribution < 1.29 is 19.3 Å². The van der Waals surface area contributed by atoms with E-state index in [9.17, 15) is 0 Å². The molecule has 2 unspecified atom stereocenters. The summed E-state index contributed by atoms with van der Waals surface area (Å²) in [5.74, 6) is 1.52. The van der Waals surface area contributed by atoms with Gasteiger partial charge < -0.3 is 19.3 Å². The van der Waals surface area contributed by atoms with Gasteiger partial charge in [-0.25, -0.2) is 0 Å². The van der Waals surface area contributed by atoms with Crippen molar-refractivity contribution in [1.29, 1.82) is 0 Å². The summed E-state index contributed by atoms with van der Waals surface area (Å²) in [6, 6.07) is 5.61. The molecule has 1 aromatic carbocycles. The summed E-state index contributed by atoms with van der Waals surface area (Å²) in [6.07, 6.45) is -0.372. The lowest BCUT2D eigenvalue weighted by Gasteiger charge is -2.21. The molecule has 0 saturated carbocycles. The maximum absolute atomic E-state index is 9.17. The van der Waals surface area contributed by atoms with Gasteiger partial charge in [0.2, 0.25) is 0 Å². The van der Waals surface area contributed by atoms with Gasteiger partial charge in [0, 0.05) is 12.1 Å². The van der Waals surface area contributed by atoms with Gasteiger partial charge in [0.05, 0.1) is 26.9 Å². The molecule has 1 fully saturated rings. The number of methoxy groups -OCH3 is 2. The molecule has 0 amide bonds. The van der Waals surface area contributed by atoms with Gasteiger partial charge in [-0.05, 0) is 25.2 Å². The summed E-state index contributed by atoms with van der Waals surface area (Å²) in [7, 11) is 5.21. The monoisotopic (exact) mass is 253 g/mol. The molecule has 0 radical (unpaired) electrons. The van der Waals surface area contributed by atoms with Crippen molar-refractivity contribution in [2.75, 3.05) is 34.4 Å². The van der Waals surface area contributed by atoms with Gasteiger partial charge in [0.15, 0.2) is 0 Å². The Balaban J connectivity index is 2.31. The van der Waals surface area contributed by atoms with Crippen LogP contribution in [0.1, 0.15) is 11.8 Å². The summed E-state index contributed by atoms with van der Waals surface area (Å²) in [4.78, 5) is 2.04. The Morgan fingerprint density at radius 2 is 2.17 bits per heavy atom. The van der Waals surface area contributed by atoms with Gasteiger partial charge in [0.1, 0.15) is 17.7 Å². The highest BCUT2D eigenvalue weighted by atomic mass is 16.5. The molecular weight excluding hydrogens is 234 g/mol. The standard InChI is InChI=1S/C13H19NO4/c1-14-7-10(8-15)18-13(14)11-6-9(16-2)4-5-12(11)17-3/h4-6,10,13,15H,7-8H2,1-3H3. The molecule has 1 N–H and O–H groups in total. The fourth-order valence-corrected chi connectivity index (χ4v) is 2.19. The van der Waals surface area contributed by atoms with E-state index in [2.05, 4.69) is 0 Å². The molecule has 5 heteroatoms. The lowest BCUT2D eigenvalue weighted by Crippen LogP contribution is -2.21. The first-order chi connectivity index (χ1) is 8.69. The van der Waals surface area contributed by atoms with E-state index in [1.165, 1.54) is 0 Å². The van der Waals surface area contributed by atoms with Gasteiger partial charge in [-0.2, -0.15) is 0 Å². The number of benzene rings is 1. The molecule has 0 bridgehead atoms. The van der Waals surface area contributed by atoms with Gasteiger partial charge >= 0.3 is 0 Å². The van der Waals surface area contributed by atoms with E-state index >= 15 is 0 Å². The number of aliphatic hydroxyl groups excluding tert-OH is 1. The first-order valence-electron chi connectivity index (χ1n) is 5.88. The second-order valence-electron chi connectivity index (χ2n) is 4.34. The Morgan fingerprint density at radius 3 is 2.72 bits per heavy atom. The molecule has 1 aliphatic heterocycles. The Labute approximate surface area is 107 Å². The zero-order valence-corrected chi connectivity index (χ0v) is 10.9. The third-order valence-corrected chi connectivity index (χ3v) is 3.12. The highest BCUT2D eigenvalue weighted by Crippen LogP contribution is 2.36. The fraction of sp³-hybridized carbons (Fsp3) is 0.538. The molecule has 0 aliphatic carbocycles. The number of hydrogen-bond donors (Lipinski definition) is 1. The molecule has 1 aliphatic rings. The SMILES string of the molecule is COc1ccc(OC)c(C2OC(CO)CN2C)c1. The minimum absolute atomic E-state index is 0.0210. The Bertz CT molecular complexity index is 410. The molecule has 1 aromatic rings. The summed E-state index contributed by atoms with van der Waals surface area (Å²) >= 11 is 0. The second-order valence-corrected chi connectivity index (χ2v) is 4.34. The number of likely N-dealkylation sites (N-methyl/N-ethyl adjacent to an activating group) is 1. The molecule has 100 valence electrons. The van der Waals surface area contributed by atoms with Gasteiger partial charge in [-0.1, -0.05) is 0 Å². The number of aliphatic hydroxyl groups is 1. The third kappa shape index (κ3) is 2.43. The molecule has 5 nitrogen and oxygen atoms in total. The number of hydrogen-bond acceptors (Lipinski definition) is 5. The first-order valence-corrected chi connectivity index (χ1v) is 5.88. The van der Waals surface area contributed by atoms with Crippen LogP contribution in [0.4, 0.5) is 0 Å². The maximum Gasteiger partial charge on any atom is 0.140 e. The van der Waals surface area contributed by atoms with Crippen molar-refractivity contribution >= 4 is 0 Å². The van der Waals surface area contributed by atoms with E-state index in [1.807, 2.05) is 30.1 Å². The van der Waals surface area contributed by atoms with Crippen molar-refractivity contribution in [1.82, 2.24) is 4.90 Å². The van der Waals surface area contributed by atoms with E-state index in [4.69, 9.17) is 19.3 Å². The third-order valence-electron chi connectivity index (χ3n) is 3.12. The zero-order chi connectivity index (χ0) is 13.1. The van der Waals surface area contributed by atoms with Crippen LogP contribution in [-0.4, -0.2) is 50.5 Å². The number of nitrogens with zero attached hydrogens (tertiary/aromatic N) is 1. The van der Waals surface area contributed by atoms with Gasteiger partial charge in [-0.15, -0.1) is 0 Å². The van der Waals surface area contributed by atoms with Crippen molar-refractivity contribution in [3.8, 4) is 11.5 Å². The lowest BCUT2D eigenvalue weighted by atomic mass is 10.1. The first kappa shape index (κ1) is 13.1. The Kier molecular flexibility index (Phi) is 4.06. The summed E-state index contributed by atoms with van der Waals surface area (Å²) in [6.45, 7) is 0.717. The van der Waals surface area contributed by atoms with Gasteiger partial charge in [-0.3, -0.25) is 4.90 Å². The predicted molar refractivity (Wildman–Crippen MR) is 66.9 cm³/mol. The minimum Gasteiger partial charge on any atom is -0.497 e. The topological polar surface area (TPSA) is 51.2 Å². The lowest BCUT2D eigenvalue weighted by molar-refractivity contribution is -0.0151. The van der Waals surface area contributed by atoms with E-state index in [1.54, 1.807) is 14.2 Å². The smallest absolute Gasteiger partial charge is 0.140 e. The molecule has 0 spiro atoms. The molecule has 1 heterocycles. The Hall–Kier alpha value is -1.30. The average Bonchev–Trinajstić information content (AvgIpc) is 2.79. The fourth-order valence-electron chi connectivity index (χ4n) is 2.19. The molecule has 2 rings (SSSR count). The van der Waals surface area contributed by atoms with Crippen LogP contribution in [0.2, 0.25) is 0 Å². The van der Waals surface area contributed by atoms with Crippen LogP contribution >= 0.6 is 0 Å². The average molecular weight is 253 g/mol. The Morgan fingerprint density at radius 1 is 1.39 bits per heavy atom. The van der Waals surface area contributed by atoms with Crippen molar-refractivity contribution in [3.05, 3.63) is 23.8 Å². The van der Waals surface area contributed by atoms with Gasteiger partial charge in [0.25, 0.3) is 0 Å².